The molecule has 0 bridgehead atoms. The molecule has 4 rings (SSSR count). The molecule has 34 heavy (non-hydrogen) atoms. The molecule has 7 unspecified atom stereocenters. The first kappa shape index (κ1) is 24.4. The highest BCUT2D eigenvalue weighted by molar-refractivity contribution is 7.80. The molecule has 3 N–H and O–H groups in total. The van der Waals surface area contributed by atoms with E-state index in [-0.39, 0.29) is 41.4 Å². The van der Waals surface area contributed by atoms with Gasteiger partial charge in [-0.2, -0.15) is 12.6 Å². The minimum atomic E-state index is -2.53. The van der Waals surface area contributed by atoms with Crippen molar-refractivity contribution >= 4 is 41.9 Å². The van der Waals surface area contributed by atoms with E-state index < -0.39 is 64.7 Å². The number of hydrogen-bond donors (Lipinski definition) is 4. The van der Waals surface area contributed by atoms with Crippen molar-refractivity contribution in [2.45, 2.75) is 50.9 Å². The average molecular weight is 490 g/mol. The summed E-state index contributed by atoms with van der Waals surface area (Å²) in [5, 5.41) is 24.8. The molecule has 0 spiro atoms. The van der Waals surface area contributed by atoms with Crippen LogP contribution in [0.1, 0.15) is 55.1 Å². The highest BCUT2D eigenvalue weighted by Gasteiger charge is 2.67. The van der Waals surface area contributed by atoms with Gasteiger partial charge in [0.25, 0.3) is 0 Å². The van der Waals surface area contributed by atoms with Crippen LogP contribution in [0, 0.1) is 23.7 Å². The number of fused-ring (bicyclic) bond motifs is 4. The number of amides is 1. The van der Waals surface area contributed by atoms with E-state index in [1.165, 1.54) is 25.1 Å². The molecule has 182 valence electrons. The summed E-state index contributed by atoms with van der Waals surface area (Å²) in [4.78, 5) is 64.6. The first-order valence-corrected chi connectivity index (χ1v) is 11.9. The molecular formula is C24H27NO8S. The molecule has 0 aliphatic heterocycles. The molecule has 9 nitrogen and oxygen atoms in total. The molecule has 1 amide bonds. The molecule has 7 atom stereocenters. The largest absolute Gasteiger partial charge is 0.508 e. The maximum absolute atomic E-state index is 13.6. The zero-order valence-corrected chi connectivity index (χ0v) is 19.7. The van der Waals surface area contributed by atoms with E-state index in [0.29, 0.717) is 6.42 Å². The first-order valence-electron chi connectivity index (χ1n) is 11.2. The number of rotatable bonds is 4. The Morgan fingerprint density at radius 1 is 1.26 bits per heavy atom. The van der Waals surface area contributed by atoms with E-state index in [1.54, 1.807) is 0 Å². The number of carbonyl (C=O) groups excluding carboxylic acids is 5. The van der Waals surface area contributed by atoms with Crippen LogP contribution >= 0.6 is 12.6 Å². The van der Waals surface area contributed by atoms with Crippen LogP contribution in [0.15, 0.2) is 18.2 Å². The highest BCUT2D eigenvalue weighted by atomic mass is 32.1. The predicted octanol–water partition coefficient (Wildman–Crippen LogP) is 1.16. The monoisotopic (exact) mass is 489 g/mol. The summed E-state index contributed by atoms with van der Waals surface area (Å²) in [7, 11) is 0. The molecule has 0 radical (unpaired) electrons. The molecular weight excluding hydrogens is 462 g/mol. The Labute approximate surface area is 201 Å². The fraction of sp³-hybridized carbons (Fsp3) is 0.542. The van der Waals surface area contributed by atoms with Gasteiger partial charge in [-0.15, -0.1) is 0 Å². The highest BCUT2D eigenvalue weighted by Crippen LogP contribution is 2.56. The molecule has 3 aliphatic carbocycles. The fourth-order valence-corrected chi connectivity index (χ4v) is 6.12. The topological polar surface area (TPSA) is 147 Å². The fourth-order valence-electron chi connectivity index (χ4n) is 5.88. The third-order valence-corrected chi connectivity index (χ3v) is 7.60. The number of ketones is 3. The maximum atomic E-state index is 13.6. The second kappa shape index (κ2) is 8.81. The molecule has 1 aromatic rings. The number of thiol groups is 1. The normalized spacial score (nSPS) is 33.3. The van der Waals surface area contributed by atoms with Crippen molar-refractivity contribution in [3.8, 4) is 5.75 Å². The van der Waals surface area contributed by atoms with Gasteiger partial charge in [0.1, 0.15) is 17.6 Å². The molecule has 0 saturated heterocycles. The van der Waals surface area contributed by atoms with Crippen LogP contribution in [0.4, 0.5) is 0 Å². The van der Waals surface area contributed by atoms with Gasteiger partial charge < -0.3 is 20.3 Å². The third kappa shape index (κ3) is 3.73. The number of nitrogens with one attached hydrogen (secondary N) is 1. The predicted molar refractivity (Wildman–Crippen MR) is 121 cm³/mol. The number of esters is 1. The van der Waals surface area contributed by atoms with Crippen molar-refractivity contribution in [2.75, 3.05) is 5.75 Å². The van der Waals surface area contributed by atoms with Gasteiger partial charge in [0.05, 0.1) is 5.92 Å². The van der Waals surface area contributed by atoms with Gasteiger partial charge in [-0.05, 0) is 24.3 Å². The number of carbonyl (C=O) groups is 5. The Balaban J connectivity index is 1.85. The van der Waals surface area contributed by atoms with Gasteiger partial charge in [-0.3, -0.25) is 19.2 Å². The maximum Gasteiger partial charge on any atom is 0.330 e. The van der Waals surface area contributed by atoms with Crippen LogP contribution in [0.25, 0.3) is 0 Å². The van der Waals surface area contributed by atoms with E-state index >= 15 is 0 Å². The summed E-state index contributed by atoms with van der Waals surface area (Å²) in [6.07, 6.45) is -1.12. The van der Waals surface area contributed by atoms with Crippen LogP contribution in [-0.2, 0) is 23.9 Å². The second-order valence-electron chi connectivity index (χ2n) is 9.58. The lowest BCUT2D eigenvalue weighted by Gasteiger charge is -2.52. The number of aromatic hydroxyl groups is 1. The summed E-state index contributed by atoms with van der Waals surface area (Å²) in [6, 6.07) is 2.89. The van der Waals surface area contributed by atoms with Gasteiger partial charge in [0.2, 0.25) is 5.91 Å². The van der Waals surface area contributed by atoms with E-state index in [4.69, 9.17) is 4.74 Å². The van der Waals surface area contributed by atoms with Crippen LogP contribution in [0.5, 0.6) is 5.75 Å². The first-order chi connectivity index (χ1) is 16.0. The Hall–Kier alpha value is -2.72. The van der Waals surface area contributed by atoms with Crippen LogP contribution in [-0.4, -0.2) is 56.8 Å². The van der Waals surface area contributed by atoms with Crippen molar-refractivity contribution in [1.82, 2.24) is 5.32 Å². The lowest BCUT2D eigenvalue weighted by atomic mass is 9.52. The van der Waals surface area contributed by atoms with Crippen molar-refractivity contribution in [1.29, 1.82) is 0 Å². The number of phenolic OH excluding ortho intramolecular Hbond substituents is 1. The van der Waals surface area contributed by atoms with E-state index in [9.17, 15) is 34.2 Å². The summed E-state index contributed by atoms with van der Waals surface area (Å²) in [5.41, 5.74) is -2.74. The molecule has 3 aliphatic rings. The number of aliphatic hydroxyl groups is 1. The van der Waals surface area contributed by atoms with E-state index in [2.05, 4.69) is 17.9 Å². The minimum Gasteiger partial charge on any atom is -0.508 e. The van der Waals surface area contributed by atoms with E-state index in [1.807, 2.05) is 6.92 Å². The SMILES string of the molecule is CC(=O)NC(CS)C(=O)OC1c2c(O)cccc2C(=O)C2C3C(=O)CC(C)CC3CC(=O)C12O. The van der Waals surface area contributed by atoms with E-state index in [0.717, 1.165) is 0 Å². The van der Waals surface area contributed by atoms with Crippen molar-refractivity contribution in [2.24, 2.45) is 23.7 Å². The number of benzene rings is 1. The zero-order valence-electron chi connectivity index (χ0n) is 18.8. The van der Waals surface area contributed by atoms with Gasteiger partial charge in [-0.1, -0.05) is 19.1 Å². The number of ether oxygens (including phenoxy) is 1. The lowest BCUT2D eigenvalue weighted by molar-refractivity contribution is -0.194. The number of phenols is 1. The number of hydrogen-bond acceptors (Lipinski definition) is 9. The Morgan fingerprint density at radius 3 is 2.62 bits per heavy atom. The van der Waals surface area contributed by atoms with Gasteiger partial charge in [0.15, 0.2) is 23.3 Å². The Bertz CT molecular complexity index is 1090. The summed E-state index contributed by atoms with van der Waals surface area (Å²) < 4.78 is 5.58. The van der Waals surface area contributed by atoms with Crippen LogP contribution in [0.3, 0.4) is 0 Å². The van der Waals surface area contributed by atoms with Gasteiger partial charge in [0, 0.05) is 42.6 Å². The smallest absolute Gasteiger partial charge is 0.330 e. The molecule has 0 heterocycles. The molecule has 0 aromatic heterocycles. The lowest BCUT2D eigenvalue weighted by Crippen LogP contribution is -2.66. The summed E-state index contributed by atoms with van der Waals surface area (Å²) >= 11 is 4.06. The van der Waals surface area contributed by atoms with Crippen LogP contribution in [0.2, 0.25) is 0 Å². The quantitative estimate of drug-likeness (QED) is 0.364. The van der Waals surface area contributed by atoms with Crippen LogP contribution < -0.4 is 5.32 Å². The standard InChI is InChI=1S/C24H27NO8S/c1-10-6-12-8-17(29)24(32)20(18(12)16(28)7-10)21(30)13-4-3-5-15(27)19(13)22(24)33-23(31)14(9-34)25-11(2)26/h3-5,10,12,14,18,20,22,27,32,34H,6-9H2,1-2H3,(H,25,26). The second-order valence-corrected chi connectivity index (χ2v) is 9.95. The summed E-state index contributed by atoms with van der Waals surface area (Å²) in [6.45, 7) is 3.10. The third-order valence-electron chi connectivity index (χ3n) is 7.23. The van der Waals surface area contributed by atoms with Gasteiger partial charge in [-0.25, -0.2) is 4.79 Å². The molecule has 10 heteroatoms. The zero-order chi connectivity index (χ0) is 24.9. The Morgan fingerprint density at radius 2 is 1.97 bits per heavy atom. The van der Waals surface area contributed by atoms with Gasteiger partial charge >= 0.3 is 5.97 Å². The molecule has 1 aromatic carbocycles. The Kier molecular flexibility index (Phi) is 6.32. The molecule has 2 saturated carbocycles. The van der Waals surface area contributed by atoms with Crippen molar-refractivity contribution in [3.63, 3.8) is 0 Å². The van der Waals surface area contributed by atoms with Crippen molar-refractivity contribution < 1.29 is 38.9 Å². The summed E-state index contributed by atoms with van der Waals surface area (Å²) in [5.74, 6) is -6.36. The minimum absolute atomic E-state index is 0.0192. The molecule has 2 fully saturated rings. The number of Topliss-reactive ketones (excluding diaryl/α,β-unsaturated/α-hetero) is 3. The average Bonchev–Trinajstić information content (AvgIpc) is 2.75. The van der Waals surface area contributed by atoms with Crippen molar-refractivity contribution in [3.05, 3.63) is 29.3 Å².